The third-order valence-electron chi connectivity index (χ3n) is 5.34. The smallest absolute Gasteiger partial charge is 0.295 e. The standard InChI is InChI=1S/C23H30N4O3/c1-3-30-22-14-20(8-9-21(22)28)15-24-25-23(29)17-27-12-10-26(11-13-27)16-19-6-4-18(2)5-7-19/h4-9,14-15,28H,3,10-13,16-17H2,1-2H3,(H,25,29)/p+2/b24-15+. The molecule has 30 heavy (non-hydrogen) atoms. The topological polar surface area (TPSA) is 79.8 Å². The molecule has 7 nitrogen and oxygen atoms in total. The Hall–Kier alpha value is -2.90. The van der Waals surface area contributed by atoms with Gasteiger partial charge in [-0.05, 0) is 37.6 Å². The summed E-state index contributed by atoms with van der Waals surface area (Å²) >= 11 is 0. The van der Waals surface area contributed by atoms with Gasteiger partial charge in [0, 0.05) is 5.56 Å². The number of rotatable bonds is 8. The second-order valence-electron chi connectivity index (χ2n) is 7.79. The number of piperazine rings is 1. The SMILES string of the molecule is CCOc1cc(/C=N/NC(=O)C[NH+]2CC[NH+](Cc3ccc(C)cc3)CC2)ccc1O. The Bertz CT molecular complexity index is 859. The summed E-state index contributed by atoms with van der Waals surface area (Å²) in [5.74, 6) is 0.403. The number of phenols is 1. The first-order valence-electron chi connectivity index (χ1n) is 10.5. The first-order valence-corrected chi connectivity index (χ1v) is 10.5. The molecule has 0 saturated carbocycles. The molecule has 160 valence electrons. The van der Waals surface area contributed by atoms with Gasteiger partial charge in [-0.15, -0.1) is 0 Å². The van der Waals surface area contributed by atoms with Crippen molar-refractivity contribution >= 4 is 12.1 Å². The number of hydrogen-bond acceptors (Lipinski definition) is 4. The number of hydrazone groups is 1. The molecule has 0 radical (unpaired) electrons. The van der Waals surface area contributed by atoms with Crippen LogP contribution >= 0.6 is 0 Å². The quantitative estimate of drug-likeness (QED) is 0.350. The number of hydrogen-bond donors (Lipinski definition) is 4. The summed E-state index contributed by atoms with van der Waals surface area (Å²) in [6, 6.07) is 13.7. The third-order valence-corrected chi connectivity index (χ3v) is 5.34. The van der Waals surface area contributed by atoms with Crippen LogP contribution in [0, 0.1) is 6.92 Å². The maximum atomic E-state index is 12.2. The minimum Gasteiger partial charge on any atom is -0.504 e. The highest BCUT2D eigenvalue weighted by atomic mass is 16.5. The van der Waals surface area contributed by atoms with E-state index in [1.165, 1.54) is 16.0 Å². The largest absolute Gasteiger partial charge is 0.504 e. The minimum atomic E-state index is -0.0907. The second kappa shape index (κ2) is 10.8. The summed E-state index contributed by atoms with van der Waals surface area (Å²) in [5.41, 5.74) is 6.00. The molecule has 7 heteroatoms. The van der Waals surface area contributed by atoms with Gasteiger partial charge in [0.05, 0.1) is 12.8 Å². The number of aryl methyl sites for hydroxylation is 1. The summed E-state index contributed by atoms with van der Waals surface area (Å²) < 4.78 is 5.35. The van der Waals surface area contributed by atoms with E-state index in [1.54, 1.807) is 29.3 Å². The zero-order chi connectivity index (χ0) is 21.3. The lowest BCUT2D eigenvalue weighted by Gasteiger charge is -2.29. The lowest BCUT2D eigenvalue weighted by Crippen LogP contribution is -3.28. The Balaban J connectivity index is 1.40. The van der Waals surface area contributed by atoms with Gasteiger partial charge in [-0.25, -0.2) is 5.43 Å². The van der Waals surface area contributed by atoms with Gasteiger partial charge in [0.15, 0.2) is 18.0 Å². The predicted molar refractivity (Wildman–Crippen MR) is 116 cm³/mol. The van der Waals surface area contributed by atoms with Crippen molar-refractivity contribution in [2.45, 2.75) is 20.4 Å². The van der Waals surface area contributed by atoms with Gasteiger partial charge < -0.3 is 19.6 Å². The summed E-state index contributed by atoms with van der Waals surface area (Å²) in [4.78, 5) is 15.1. The highest BCUT2D eigenvalue weighted by molar-refractivity contribution is 5.83. The zero-order valence-electron chi connectivity index (χ0n) is 17.8. The molecule has 0 aliphatic carbocycles. The Kier molecular flexibility index (Phi) is 7.82. The molecule has 0 spiro atoms. The molecule has 2 aromatic rings. The maximum Gasteiger partial charge on any atom is 0.295 e. The molecule has 0 aromatic heterocycles. The monoisotopic (exact) mass is 412 g/mol. The third kappa shape index (κ3) is 6.57. The fourth-order valence-electron chi connectivity index (χ4n) is 3.63. The van der Waals surface area contributed by atoms with Crippen LogP contribution in [0.2, 0.25) is 0 Å². The van der Waals surface area contributed by atoms with Crippen LogP contribution in [0.25, 0.3) is 0 Å². The van der Waals surface area contributed by atoms with Gasteiger partial charge in [-0.2, -0.15) is 5.10 Å². The summed E-state index contributed by atoms with van der Waals surface area (Å²) in [7, 11) is 0. The number of nitrogens with zero attached hydrogens (tertiary/aromatic N) is 1. The van der Waals surface area contributed by atoms with Crippen LogP contribution < -0.4 is 20.0 Å². The first-order chi connectivity index (χ1) is 14.5. The Morgan fingerprint density at radius 1 is 1.13 bits per heavy atom. The highest BCUT2D eigenvalue weighted by Crippen LogP contribution is 2.26. The van der Waals surface area contributed by atoms with Crippen molar-refractivity contribution in [1.29, 1.82) is 0 Å². The normalized spacial score (nSPS) is 19.0. The fraction of sp³-hybridized carbons (Fsp3) is 0.391. The number of ether oxygens (including phenoxy) is 1. The number of quaternary nitrogens is 2. The molecule has 0 bridgehead atoms. The van der Waals surface area contributed by atoms with E-state index in [1.807, 2.05) is 6.92 Å². The van der Waals surface area contributed by atoms with Crippen LogP contribution in [0.5, 0.6) is 11.5 Å². The Morgan fingerprint density at radius 2 is 1.83 bits per heavy atom. The predicted octanol–water partition coefficient (Wildman–Crippen LogP) is -0.467. The zero-order valence-corrected chi connectivity index (χ0v) is 17.8. The van der Waals surface area contributed by atoms with Gasteiger partial charge in [0.2, 0.25) is 0 Å². The molecule has 1 heterocycles. The molecule has 1 saturated heterocycles. The van der Waals surface area contributed by atoms with Crippen LogP contribution in [0.4, 0.5) is 0 Å². The fourth-order valence-corrected chi connectivity index (χ4v) is 3.63. The van der Waals surface area contributed by atoms with Crippen molar-refractivity contribution in [2.24, 2.45) is 5.10 Å². The molecule has 4 N–H and O–H groups in total. The Morgan fingerprint density at radius 3 is 2.53 bits per heavy atom. The lowest BCUT2D eigenvalue weighted by atomic mass is 10.1. The van der Waals surface area contributed by atoms with Crippen LogP contribution in [0.3, 0.4) is 0 Å². The average Bonchev–Trinajstić information content (AvgIpc) is 2.74. The number of aromatic hydroxyl groups is 1. The van der Waals surface area contributed by atoms with E-state index in [2.05, 4.69) is 41.7 Å². The van der Waals surface area contributed by atoms with E-state index in [-0.39, 0.29) is 11.7 Å². The van der Waals surface area contributed by atoms with Crippen LogP contribution in [0.15, 0.2) is 47.6 Å². The molecule has 3 rings (SSSR count). The van der Waals surface area contributed by atoms with Gasteiger partial charge >= 0.3 is 0 Å². The number of amides is 1. The van der Waals surface area contributed by atoms with Crippen molar-refractivity contribution in [3.8, 4) is 11.5 Å². The molecular weight excluding hydrogens is 380 g/mol. The summed E-state index contributed by atoms with van der Waals surface area (Å²) in [6.45, 7) is 9.98. The maximum absolute atomic E-state index is 12.2. The second-order valence-corrected chi connectivity index (χ2v) is 7.79. The molecule has 1 fully saturated rings. The van der Waals surface area contributed by atoms with E-state index >= 15 is 0 Å². The first kappa shape index (κ1) is 21.8. The van der Waals surface area contributed by atoms with Crippen molar-refractivity contribution in [3.63, 3.8) is 0 Å². The van der Waals surface area contributed by atoms with Crippen molar-refractivity contribution < 1.29 is 24.4 Å². The number of benzene rings is 2. The molecule has 1 aliphatic heterocycles. The minimum absolute atomic E-state index is 0.0882. The van der Waals surface area contributed by atoms with E-state index in [9.17, 15) is 9.90 Å². The number of nitrogens with one attached hydrogen (secondary N) is 3. The Labute approximate surface area is 178 Å². The summed E-state index contributed by atoms with van der Waals surface area (Å²) in [5, 5.41) is 13.8. The van der Waals surface area contributed by atoms with Crippen LogP contribution in [-0.2, 0) is 11.3 Å². The van der Waals surface area contributed by atoms with E-state index < -0.39 is 0 Å². The van der Waals surface area contributed by atoms with Crippen LogP contribution in [-0.4, -0.2) is 56.6 Å². The van der Waals surface area contributed by atoms with Crippen molar-refractivity contribution in [3.05, 3.63) is 59.2 Å². The van der Waals surface area contributed by atoms with E-state index in [0.29, 0.717) is 18.9 Å². The molecular formula is C23H32N4O3+2. The van der Waals surface area contributed by atoms with E-state index in [0.717, 1.165) is 38.3 Å². The molecule has 0 atom stereocenters. The lowest BCUT2D eigenvalue weighted by molar-refractivity contribution is -1.02. The van der Waals surface area contributed by atoms with Gasteiger partial charge in [0.1, 0.15) is 32.7 Å². The van der Waals surface area contributed by atoms with Gasteiger partial charge in [-0.3, -0.25) is 4.79 Å². The molecule has 1 aliphatic rings. The van der Waals surface area contributed by atoms with Crippen LogP contribution in [0.1, 0.15) is 23.6 Å². The number of carbonyl (C=O) groups excluding carboxylic acids is 1. The number of phenolic OH excluding ortho intramolecular Hbond substituents is 1. The molecule has 2 aromatic carbocycles. The van der Waals surface area contributed by atoms with Gasteiger partial charge in [0.25, 0.3) is 5.91 Å². The van der Waals surface area contributed by atoms with Crippen molar-refractivity contribution in [2.75, 3.05) is 39.3 Å². The molecule has 0 unspecified atom stereocenters. The summed E-state index contributed by atoms with van der Waals surface area (Å²) in [6.07, 6.45) is 1.55. The van der Waals surface area contributed by atoms with E-state index in [4.69, 9.17) is 4.74 Å². The highest BCUT2D eigenvalue weighted by Gasteiger charge is 2.24. The molecule has 1 amide bonds. The van der Waals surface area contributed by atoms with Crippen molar-refractivity contribution in [1.82, 2.24) is 5.43 Å². The average molecular weight is 413 g/mol. The van der Waals surface area contributed by atoms with Gasteiger partial charge in [-0.1, -0.05) is 29.8 Å². The number of carbonyl (C=O) groups is 1.